The zero-order valence-electron chi connectivity index (χ0n) is 15.8. The van der Waals surface area contributed by atoms with Crippen LogP contribution in [0.15, 0.2) is 12.7 Å². The van der Waals surface area contributed by atoms with Crippen LogP contribution in [0.2, 0.25) is 0 Å². The van der Waals surface area contributed by atoms with Crippen molar-refractivity contribution in [2.75, 3.05) is 6.54 Å². The molecule has 0 bridgehead atoms. The Hall–Kier alpha value is -2.57. The van der Waals surface area contributed by atoms with E-state index in [9.17, 15) is 9.90 Å². The lowest BCUT2D eigenvalue weighted by Gasteiger charge is -2.36. The molecule has 1 atom stereocenters. The fraction of sp³-hybridized carbons (Fsp3) is 0.526. The van der Waals surface area contributed by atoms with Crippen LogP contribution in [0.3, 0.4) is 0 Å². The molecule has 2 aromatic rings. The van der Waals surface area contributed by atoms with Crippen molar-refractivity contribution in [3.05, 3.63) is 34.9 Å². The number of ether oxygens (including phenoxy) is 1. The quantitative estimate of drug-likeness (QED) is 0.800. The van der Waals surface area contributed by atoms with Gasteiger partial charge in [0.05, 0.1) is 0 Å². The first-order valence-corrected chi connectivity index (χ1v) is 8.95. The van der Waals surface area contributed by atoms with E-state index in [-0.39, 0.29) is 5.91 Å². The molecule has 0 saturated carbocycles. The van der Waals surface area contributed by atoms with Crippen molar-refractivity contribution in [3.8, 4) is 11.5 Å². The van der Waals surface area contributed by atoms with E-state index in [1.165, 1.54) is 6.33 Å². The molecule has 0 unspecified atom stereocenters. The predicted molar refractivity (Wildman–Crippen MR) is 97.3 cm³/mol. The molecular formula is C19H26N4O3. The number of benzene rings is 1. The third-order valence-corrected chi connectivity index (χ3v) is 5.32. The number of phenols is 1. The van der Waals surface area contributed by atoms with Gasteiger partial charge in [0.1, 0.15) is 24.2 Å². The van der Waals surface area contributed by atoms with Gasteiger partial charge in [-0.1, -0.05) is 0 Å². The van der Waals surface area contributed by atoms with Crippen molar-refractivity contribution >= 4 is 5.91 Å². The minimum Gasteiger partial charge on any atom is -0.507 e. The number of aromatic hydroxyl groups is 1. The number of carbonyl (C=O) groups is 1. The highest BCUT2D eigenvalue weighted by Gasteiger charge is 2.40. The van der Waals surface area contributed by atoms with Gasteiger partial charge in [-0.3, -0.25) is 9.48 Å². The van der Waals surface area contributed by atoms with Gasteiger partial charge < -0.3 is 15.2 Å². The molecule has 2 heterocycles. The van der Waals surface area contributed by atoms with E-state index in [4.69, 9.17) is 4.74 Å². The molecule has 3 rings (SSSR count). The van der Waals surface area contributed by atoms with Crippen molar-refractivity contribution in [2.24, 2.45) is 0 Å². The monoisotopic (exact) mass is 358 g/mol. The van der Waals surface area contributed by atoms with Gasteiger partial charge in [-0.25, -0.2) is 4.98 Å². The van der Waals surface area contributed by atoms with Crippen LogP contribution in [-0.2, 0) is 17.8 Å². The molecule has 1 aromatic heterocycles. The van der Waals surface area contributed by atoms with Gasteiger partial charge in [-0.2, -0.15) is 5.10 Å². The van der Waals surface area contributed by atoms with Gasteiger partial charge in [-0.05, 0) is 57.2 Å². The van der Waals surface area contributed by atoms with Crippen molar-refractivity contribution in [3.63, 3.8) is 0 Å². The number of hydrogen-bond acceptors (Lipinski definition) is 5. The summed E-state index contributed by atoms with van der Waals surface area (Å²) >= 11 is 0. The molecule has 1 aliphatic rings. The van der Waals surface area contributed by atoms with E-state index in [2.05, 4.69) is 15.4 Å². The minimum atomic E-state index is -0.902. The van der Waals surface area contributed by atoms with Crippen LogP contribution in [0.25, 0.3) is 0 Å². The average Bonchev–Trinajstić information content (AvgIpc) is 3.15. The first-order valence-electron chi connectivity index (χ1n) is 8.95. The Labute approximate surface area is 153 Å². The van der Waals surface area contributed by atoms with Crippen LogP contribution in [0, 0.1) is 20.8 Å². The Morgan fingerprint density at radius 1 is 1.35 bits per heavy atom. The number of aromatic nitrogens is 3. The second kappa shape index (κ2) is 6.97. The fourth-order valence-electron chi connectivity index (χ4n) is 3.39. The van der Waals surface area contributed by atoms with Gasteiger partial charge in [0, 0.05) is 25.1 Å². The number of amides is 1. The molecular weight excluding hydrogens is 332 g/mol. The van der Waals surface area contributed by atoms with E-state index in [0.717, 1.165) is 34.4 Å². The third kappa shape index (κ3) is 3.25. The molecule has 26 heavy (non-hydrogen) atoms. The van der Waals surface area contributed by atoms with E-state index >= 15 is 0 Å². The van der Waals surface area contributed by atoms with E-state index in [1.807, 2.05) is 27.7 Å². The summed E-state index contributed by atoms with van der Waals surface area (Å²) in [5, 5.41) is 17.3. The number of phenolic OH excluding ortho intramolecular Hbond substituents is 1. The van der Waals surface area contributed by atoms with E-state index in [1.54, 1.807) is 11.0 Å². The number of nitrogens with one attached hydrogen (secondary N) is 1. The van der Waals surface area contributed by atoms with Crippen LogP contribution in [-0.4, -0.2) is 37.9 Å². The summed E-state index contributed by atoms with van der Waals surface area (Å²) in [5.41, 5.74) is 2.65. The van der Waals surface area contributed by atoms with Crippen LogP contribution >= 0.6 is 0 Å². The third-order valence-electron chi connectivity index (χ3n) is 5.32. The molecule has 0 spiro atoms. The highest BCUT2D eigenvalue weighted by Crippen LogP contribution is 2.43. The largest absolute Gasteiger partial charge is 0.507 e. The Morgan fingerprint density at radius 3 is 2.81 bits per heavy atom. The first-order chi connectivity index (χ1) is 12.3. The summed E-state index contributed by atoms with van der Waals surface area (Å²) in [5.74, 6) is 0.958. The second-order valence-corrected chi connectivity index (χ2v) is 7.13. The first kappa shape index (κ1) is 18.2. The maximum Gasteiger partial charge on any atom is 0.263 e. The lowest BCUT2D eigenvalue weighted by molar-refractivity contribution is -0.136. The highest BCUT2D eigenvalue weighted by molar-refractivity contribution is 5.85. The highest BCUT2D eigenvalue weighted by atomic mass is 16.5. The van der Waals surface area contributed by atoms with Crippen molar-refractivity contribution in [1.29, 1.82) is 0 Å². The molecule has 0 radical (unpaired) electrons. The zero-order chi connectivity index (χ0) is 18.9. The van der Waals surface area contributed by atoms with Crippen LogP contribution in [0.1, 0.15) is 42.0 Å². The van der Waals surface area contributed by atoms with Gasteiger partial charge in [0.25, 0.3) is 5.91 Å². The maximum absolute atomic E-state index is 12.7. The molecule has 2 N–H and O–H groups in total. The molecule has 1 amide bonds. The molecule has 1 aromatic carbocycles. The number of rotatable bonds is 5. The summed E-state index contributed by atoms with van der Waals surface area (Å²) in [6.45, 7) is 8.79. The Morgan fingerprint density at radius 2 is 2.12 bits per heavy atom. The van der Waals surface area contributed by atoms with Crippen molar-refractivity contribution < 1.29 is 14.6 Å². The minimum absolute atomic E-state index is 0.107. The normalized spacial score (nSPS) is 18.9. The SMILES string of the molecule is Cc1c(C)c2c(c(C)c1O)CC[C@@](C)(C(=O)NCCCn1cncn1)O2. The fourth-order valence-corrected chi connectivity index (χ4v) is 3.39. The van der Waals surface area contributed by atoms with Crippen LogP contribution in [0.5, 0.6) is 11.5 Å². The van der Waals surface area contributed by atoms with Crippen LogP contribution < -0.4 is 10.1 Å². The molecule has 0 aliphatic carbocycles. The summed E-state index contributed by atoms with van der Waals surface area (Å²) in [6.07, 6.45) is 5.22. The van der Waals surface area contributed by atoms with E-state index < -0.39 is 5.60 Å². The van der Waals surface area contributed by atoms with Crippen molar-refractivity contribution in [2.45, 2.75) is 59.1 Å². The summed E-state index contributed by atoms with van der Waals surface area (Å²) in [6, 6.07) is 0. The number of nitrogens with zero attached hydrogens (tertiary/aromatic N) is 3. The van der Waals surface area contributed by atoms with Gasteiger partial charge in [-0.15, -0.1) is 0 Å². The smallest absolute Gasteiger partial charge is 0.263 e. The molecule has 0 saturated heterocycles. The number of fused-ring (bicyclic) bond motifs is 1. The van der Waals surface area contributed by atoms with Crippen LogP contribution in [0.4, 0.5) is 0 Å². The van der Waals surface area contributed by atoms with Gasteiger partial charge >= 0.3 is 0 Å². The molecule has 1 aliphatic heterocycles. The molecule has 140 valence electrons. The summed E-state index contributed by atoms with van der Waals surface area (Å²) in [7, 11) is 0. The second-order valence-electron chi connectivity index (χ2n) is 7.13. The topological polar surface area (TPSA) is 89.3 Å². The number of hydrogen-bond donors (Lipinski definition) is 2. The molecule has 0 fully saturated rings. The molecule has 7 nitrogen and oxygen atoms in total. The average molecular weight is 358 g/mol. The Balaban J connectivity index is 1.67. The summed E-state index contributed by atoms with van der Waals surface area (Å²) < 4.78 is 7.92. The Bertz CT molecular complexity index is 817. The van der Waals surface area contributed by atoms with Gasteiger partial charge in [0.2, 0.25) is 0 Å². The summed E-state index contributed by atoms with van der Waals surface area (Å²) in [4.78, 5) is 16.6. The Kier molecular flexibility index (Phi) is 4.89. The lowest BCUT2D eigenvalue weighted by Crippen LogP contribution is -2.51. The number of aryl methyl sites for hydroxylation is 1. The van der Waals surface area contributed by atoms with E-state index in [0.29, 0.717) is 31.7 Å². The lowest BCUT2D eigenvalue weighted by atomic mass is 9.86. The molecule has 7 heteroatoms. The maximum atomic E-state index is 12.7. The van der Waals surface area contributed by atoms with Gasteiger partial charge in [0.15, 0.2) is 5.60 Å². The standard InChI is InChI=1S/C19H26N4O3/c1-12-13(2)17-15(14(3)16(12)24)6-7-19(4,26-17)18(25)21-8-5-9-23-11-20-10-22-23/h10-11,24H,5-9H2,1-4H3,(H,21,25)/t19-/m0/s1. The number of carbonyl (C=O) groups excluding carboxylic acids is 1. The predicted octanol–water partition coefficient (Wildman–Crippen LogP) is 2.20. The van der Waals surface area contributed by atoms with Crippen molar-refractivity contribution in [1.82, 2.24) is 20.1 Å². The zero-order valence-corrected chi connectivity index (χ0v) is 15.8.